The molecular weight excluding hydrogens is 108 g/mol. The topological polar surface area (TPSA) is 40.5 Å². The fourth-order valence-corrected chi connectivity index (χ4v) is 0. The summed E-state index contributed by atoms with van der Waals surface area (Å²) in [6, 6.07) is 0. The Labute approximate surface area is 45.1 Å². The van der Waals surface area contributed by atoms with E-state index in [2.05, 4.69) is 0 Å². The van der Waals surface area contributed by atoms with E-state index >= 15 is 0 Å². The average molecular weight is 120 g/mol. The molecule has 0 aromatic heterocycles. The van der Waals surface area contributed by atoms with Gasteiger partial charge in [0, 0.05) is 0 Å². The summed E-state index contributed by atoms with van der Waals surface area (Å²) in [7, 11) is -2.73. The van der Waals surface area contributed by atoms with Crippen LogP contribution < -0.4 is 0 Å². The van der Waals surface area contributed by atoms with Gasteiger partial charge in [-0.15, -0.1) is 0 Å². The lowest BCUT2D eigenvalue weighted by molar-refractivity contribution is 0.356. The van der Waals surface area contributed by atoms with Gasteiger partial charge in [0.25, 0.3) is 0 Å². The molecule has 0 atom stereocenters. The van der Waals surface area contributed by atoms with Gasteiger partial charge in [-0.25, -0.2) is 0 Å². The van der Waals surface area contributed by atoms with Gasteiger partial charge < -0.3 is 9.59 Å². The summed E-state index contributed by atoms with van der Waals surface area (Å²) in [5.41, 5.74) is 0.0486. The first-order valence-corrected chi connectivity index (χ1v) is 4.86. The predicted octanol–water partition coefficient (Wildman–Crippen LogP) is 0.453. The molecule has 2 N–H and O–H groups in total. The Bertz CT molecular complexity index is 55.2. The van der Waals surface area contributed by atoms with E-state index in [9.17, 15) is 0 Å². The van der Waals surface area contributed by atoms with E-state index in [-0.39, 0.29) is 5.54 Å². The van der Waals surface area contributed by atoms with E-state index in [1.807, 2.05) is 13.8 Å². The maximum Gasteiger partial charge on any atom is 0.332 e. The highest BCUT2D eigenvalue weighted by Gasteiger charge is 2.25. The van der Waals surface area contributed by atoms with Gasteiger partial charge in [-0.1, -0.05) is 13.8 Å². The van der Waals surface area contributed by atoms with Gasteiger partial charge in [0.15, 0.2) is 0 Å². The lowest BCUT2D eigenvalue weighted by Crippen LogP contribution is -2.33. The van der Waals surface area contributed by atoms with Gasteiger partial charge in [0.1, 0.15) is 0 Å². The molecule has 0 aliphatic heterocycles. The highest BCUT2D eigenvalue weighted by Crippen LogP contribution is 2.12. The molecule has 0 aromatic rings. The molecule has 0 saturated heterocycles. The van der Waals surface area contributed by atoms with Crippen molar-refractivity contribution >= 4 is 8.56 Å². The number of hydrogen-bond acceptors (Lipinski definition) is 2. The van der Waals surface area contributed by atoms with Crippen molar-refractivity contribution in [3.63, 3.8) is 0 Å². The molecule has 0 rings (SSSR count). The minimum Gasteiger partial charge on any atom is -0.411 e. The Hall–Kier alpha value is 0.137. The Balaban J connectivity index is 3.54. The summed E-state index contributed by atoms with van der Waals surface area (Å²) in [6.45, 7) is 5.14. The van der Waals surface area contributed by atoms with Crippen molar-refractivity contribution in [2.24, 2.45) is 0 Å². The molecule has 0 radical (unpaired) electrons. The van der Waals surface area contributed by atoms with Crippen LogP contribution in [0.25, 0.3) is 0 Å². The first-order valence-electron chi connectivity index (χ1n) is 2.39. The Morgan fingerprint density at radius 2 is 1.43 bits per heavy atom. The smallest absolute Gasteiger partial charge is 0.332 e. The van der Waals surface area contributed by atoms with E-state index in [0.717, 1.165) is 0 Å². The zero-order valence-corrected chi connectivity index (χ0v) is 5.97. The zero-order chi connectivity index (χ0) is 6.08. The van der Waals surface area contributed by atoms with Crippen LogP contribution in [0.3, 0.4) is 0 Å². The third-order valence-corrected chi connectivity index (χ3v) is 3.28. The first kappa shape index (κ1) is 7.14. The first-order chi connectivity index (χ1) is 2.94. The molecule has 7 heavy (non-hydrogen) atoms. The Morgan fingerprint density at radius 1 is 1.29 bits per heavy atom. The van der Waals surface area contributed by atoms with Gasteiger partial charge in [-0.3, -0.25) is 0 Å². The van der Waals surface area contributed by atoms with Crippen LogP contribution >= 0.6 is 0 Å². The second-order valence-electron chi connectivity index (χ2n) is 2.25. The van der Waals surface area contributed by atoms with E-state index in [4.69, 9.17) is 9.59 Å². The summed E-state index contributed by atoms with van der Waals surface area (Å²) in [5.74, 6) is 0. The third-order valence-electron chi connectivity index (χ3n) is 1.09. The molecule has 44 valence electrons. The van der Waals surface area contributed by atoms with Crippen LogP contribution in [0.1, 0.15) is 13.8 Å². The maximum absolute atomic E-state index is 8.79. The van der Waals surface area contributed by atoms with Crippen LogP contribution in [0, 0.1) is 0 Å². The van der Waals surface area contributed by atoms with E-state index in [1.54, 1.807) is 0 Å². The summed E-state index contributed by atoms with van der Waals surface area (Å²) >= 11 is 0. The lowest BCUT2D eigenvalue weighted by atomic mass is 10.6. The largest absolute Gasteiger partial charge is 0.411 e. The maximum atomic E-state index is 8.79. The molecule has 3 heteroatoms. The normalized spacial score (nSPS) is 12.9. The molecule has 0 saturated carbocycles. The molecule has 0 aliphatic rings. The summed E-state index contributed by atoms with van der Waals surface area (Å²) in [6.07, 6.45) is 0. The van der Waals surface area contributed by atoms with Crippen LogP contribution in [-0.2, 0) is 0 Å². The highest BCUT2D eigenvalue weighted by atomic mass is 28.4. The van der Waals surface area contributed by atoms with Crippen LogP contribution in [0.15, 0.2) is 0 Å². The van der Waals surface area contributed by atoms with Crippen molar-refractivity contribution < 1.29 is 9.59 Å². The average Bonchev–Trinajstić information content (AvgIpc) is 1.31. The standard InChI is InChI=1S/C4H12O2Si/c1-4(2)7(3,5)6/h4-6H,1-3H3. The van der Waals surface area contributed by atoms with Crippen LogP contribution in [0.4, 0.5) is 0 Å². The summed E-state index contributed by atoms with van der Waals surface area (Å²) in [5, 5.41) is 0. The summed E-state index contributed by atoms with van der Waals surface area (Å²) in [4.78, 5) is 17.6. The Morgan fingerprint density at radius 3 is 1.43 bits per heavy atom. The van der Waals surface area contributed by atoms with E-state index < -0.39 is 8.56 Å². The minimum atomic E-state index is -2.73. The van der Waals surface area contributed by atoms with Crippen molar-refractivity contribution in [3.8, 4) is 0 Å². The fourth-order valence-electron chi connectivity index (χ4n) is 0. The predicted molar refractivity (Wildman–Crippen MR) is 31.2 cm³/mol. The summed E-state index contributed by atoms with van der Waals surface area (Å²) < 4.78 is 0. The molecular formula is C4H12O2Si. The van der Waals surface area contributed by atoms with Gasteiger partial charge in [-0.05, 0) is 12.1 Å². The van der Waals surface area contributed by atoms with Gasteiger partial charge in [0.05, 0.1) is 0 Å². The van der Waals surface area contributed by atoms with Crippen molar-refractivity contribution in [1.82, 2.24) is 0 Å². The molecule has 0 bridgehead atoms. The van der Waals surface area contributed by atoms with Crippen LogP contribution in [0.2, 0.25) is 12.1 Å². The molecule has 0 aliphatic carbocycles. The van der Waals surface area contributed by atoms with Gasteiger partial charge in [0.2, 0.25) is 0 Å². The van der Waals surface area contributed by atoms with Crippen molar-refractivity contribution in [2.75, 3.05) is 0 Å². The van der Waals surface area contributed by atoms with Crippen LogP contribution in [-0.4, -0.2) is 18.2 Å². The molecule has 0 fully saturated rings. The van der Waals surface area contributed by atoms with Gasteiger partial charge in [-0.2, -0.15) is 0 Å². The number of hydrogen-bond donors (Lipinski definition) is 2. The minimum absolute atomic E-state index is 0.0486. The second-order valence-corrected chi connectivity index (χ2v) is 5.59. The van der Waals surface area contributed by atoms with Crippen LogP contribution in [0.5, 0.6) is 0 Å². The molecule has 0 spiro atoms. The zero-order valence-electron chi connectivity index (χ0n) is 4.97. The SMILES string of the molecule is CC(C)[Si](C)(O)O. The quantitative estimate of drug-likeness (QED) is 0.493. The number of rotatable bonds is 1. The van der Waals surface area contributed by atoms with Crippen molar-refractivity contribution in [1.29, 1.82) is 0 Å². The van der Waals surface area contributed by atoms with Gasteiger partial charge >= 0.3 is 8.56 Å². The highest BCUT2D eigenvalue weighted by molar-refractivity contribution is 6.64. The molecule has 0 amide bonds. The molecule has 2 nitrogen and oxygen atoms in total. The van der Waals surface area contributed by atoms with Crippen molar-refractivity contribution in [3.05, 3.63) is 0 Å². The monoisotopic (exact) mass is 120 g/mol. The lowest BCUT2D eigenvalue weighted by Gasteiger charge is -2.14. The Kier molecular flexibility index (Phi) is 1.98. The molecule has 0 unspecified atom stereocenters. The van der Waals surface area contributed by atoms with Crippen molar-refractivity contribution in [2.45, 2.75) is 25.9 Å². The molecule has 0 heterocycles. The second kappa shape index (κ2) is 1.94. The third kappa shape index (κ3) is 2.79. The van der Waals surface area contributed by atoms with E-state index in [1.165, 1.54) is 6.55 Å². The van der Waals surface area contributed by atoms with E-state index in [0.29, 0.717) is 0 Å². The molecule has 0 aromatic carbocycles. The fraction of sp³-hybridized carbons (Fsp3) is 1.00.